The van der Waals surface area contributed by atoms with Crippen LogP contribution in [-0.4, -0.2) is 25.3 Å². The van der Waals surface area contributed by atoms with E-state index in [4.69, 9.17) is 32.7 Å². The quantitative estimate of drug-likeness (QED) is 0.290. The SMILES string of the molecule is COc1ccc(CCNCc2cn(Cc3ccc(Cl)cc3Cl)c3ccccc23)cc1OC. The first kappa shape index (κ1) is 22.5. The predicted molar refractivity (Wildman–Crippen MR) is 132 cm³/mol. The van der Waals surface area contributed by atoms with Gasteiger partial charge in [-0.05, 0) is 60.0 Å². The van der Waals surface area contributed by atoms with Crippen LogP contribution in [-0.2, 0) is 19.5 Å². The van der Waals surface area contributed by atoms with Gasteiger partial charge in [0.2, 0.25) is 0 Å². The van der Waals surface area contributed by atoms with Crippen molar-refractivity contribution in [2.45, 2.75) is 19.5 Å². The molecule has 0 saturated carbocycles. The Morgan fingerprint density at radius 2 is 1.69 bits per heavy atom. The molecule has 4 aromatic rings. The zero-order valence-electron chi connectivity index (χ0n) is 18.2. The minimum absolute atomic E-state index is 0.649. The monoisotopic (exact) mass is 468 g/mol. The predicted octanol–water partition coefficient (Wildman–Crippen LogP) is 6.35. The van der Waals surface area contributed by atoms with E-state index < -0.39 is 0 Å². The molecule has 0 fully saturated rings. The van der Waals surface area contributed by atoms with Gasteiger partial charge in [0.15, 0.2) is 11.5 Å². The Morgan fingerprint density at radius 1 is 0.875 bits per heavy atom. The number of halogens is 2. The standard InChI is InChI=1S/C26H26Cl2N2O2/c1-31-25-10-7-18(13-26(25)32-2)11-12-29-15-20-17-30(24-6-4-3-5-22(20)24)16-19-8-9-21(27)14-23(19)28/h3-10,13-14,17,29H,11-12,15-16H2,1-2H3. The van der Waals surface area contributed by atoms with Crippen LogP contribution in [0, 0.1) is 0 Å². The second-order valence-corrected chi connectivity index (χ2v) is 8.49. The molecule has 0 amide bonds. The van der Waals surface area contributed by atoms with Crippen molar-refractivity contribution in [3.63, 3.8) is 0 Å². The summed E-state index contributed by atoms with van der Waals surface area (Å²) < 4.78 is 13.0. The summed E-state index contributed by atoms with van der Waals surface area (Å²) in [7, 11) is 3.31. The fraction of sp³-hybridized carbons (Fsp3) is 0.231. The summed E-state index contributed by atoms with van der Waals surface area (Å²) in [5.74, 6) is 1.51. The van der Waals surface area contributed by atoms with E-state index in [9.17, 15) is 0 Å². The summed E-state index contributed by atoms with van der Waals surface area (Å²) in [5.41, 5.74) is 4.70. The van der Waals surface area contributed by atoms with Crippen LogP contribution in [0.2, 0.25) is 10.0 Å². The molecule has 166 valence electrons. The van der Waals surface area contributed by atoms with E-state index in [1.165, 1.54) is 22.0 Å². The molecule has 0 saturated heterocycles. The number of methoxy groups -OCH3 is 2. The van der Waals surface area contributed by atoms with E-state index >= 15 is 0 Å². The number of para-hydroxylation sites is 1. The Balaban J connectivity index is 1.44. The van der Waals surface area contributed by atoms with Crippen LogP contribution in [0.5, 0.6) is 11.5 Å². The van der Waals surface area contributed by atoms with Gasteiger partial charge < -0.3 is 19.4 Å². The van der Waals surface area contributed by atoms with Gasteiger partial charge in [-0.3, -0.25) is 0 Å². The number of hydrogen-bond acceptors (Lipinski definition) is 3. The van der Waals surface area contributed by atoms with Crippen molar-refractivity contribution in [2.75, 3.05) is 20.8 Å². The molecule has 0 aliphatic heterocycles. The molecule has 3 aromatic carbocycles. The lowest BCUT2D eigenvalue weighted by Gasteiger charge is -2.10. The lowest BCUT2D eigenvalue weighted by atomic mass is 10.1. The van der Waals surface area contributed by atoms with Gasteiger partial charge in [0.05, 0.1) is 14.2 Å². The van der Waals surface area contributed by atoms with Gasteiger partial charge in [-0.2, -0.15) is 0 Å². The summed E-state index contributed by atoms with van der Waals surface area (Å²) >= 11 is 12.5. The van der Waals surface area contributed by atoms with E-state index in [-0.39, 0.29) is 0 Å². The highest BCUT2D eigenvalue weighted by molar-refractivity contribution is 6.35. The first-order chi connectivity index (χ1) is 15.6. The average Bonchev–Trinajstić information content (AvgIpc) is 3.16. The van der Waals surface area contributed by atoms with Gasteiger partial charge in [-0.15, -0.1) is 0 Å². The van der Waals surface area contributed by atoms with Gasteiger partial charge in [0, 0.05) is 40.2 Å². The van der Waals surface area contributed by atoms with Crippen molar-refractivity contribution in [1.82, 2.24) is 9.88 Å². The van der Waals surface area contributed by atoms with Crippen LogP contribution >= 0.6 is 23.2 Å². The molecule has 1 heterocycles. The van der Waals surface area contributed by atoms with E-state index in [1.54, 1.807) is 20.3 Å². The molecule has 32 heavy (non-hydrogen) atoms. The normalized spacial score (nSPS) is 11.1. The van der Waals surface area contributed by atoms with Crippen molar-refractivity contribution in [1.29, 1.82) is 0 Å². The van der Waals surface area contributed by atoms with E-state index in [1.807, 2.05) is 24.3 Å². The molecule has 0 aliphatic rings. The van der Waals surface area contributed by atoms with Crippen molar-refractivity contribution >= 4 is 34.1 Å². The third-order valence-corrected chi connectivity index (χ3v) is 6.17. The Morgan fingerprint density at radius 3 is 2.47 bits per heavy atom. The van der Waals surface area contributed by atoms with Crippen LogP contribution in [0.3, 0.4) is 0 Å². The average molecular weight is 469 g/mol. The minimum atomic E-state index is 0.649. The maximum atomic E-state index is 6.41. The van der Waals surface area contributed by atoms with Gasteiger partial charge in [-0.25, -0.2) is 0 Å². The summed E-state index contributed by atoms with van der Waals surface area (Å²) in [6, 6.07) is 20.2. The zero-order chi connectivity index (χ0) is 22.5. The summed E-state index contributed by atoms with van der Waals surface area (Å²) in [4.78, 5) is 0. The lowest BCUT2D eigenvalue weighted by molar-refractivity contribution is 0.354. The van der Waals surface area contributed by atoms with Crippen LogP contribution in [0.25, 0.3) is 10.9 Å². The molecular weight excluding hydrogens is 443 g/mol. The third kappa shape index (κ3) is 5.04. The highest BCUT2D eigenvalue weighted by Gasteiger charge is 2.10. The highest BCUT2D eigenvalue weighted by atomic mass is 35.5. The van der Waals surface area contributed by atoms with Gasteiger partial charge >= 0.3 is 0 Å². The van der Waals surface area contributed by atoms with Crippen molar-refractivity contribution in [3.8, 4) is 11.5 Å². The Kier molecular flexibility index (Phi) is 7.26. The number of rotatable bonds is 9. The molecule has 1 aromatic heterocycles. The first-order valence-corrected chi connectivity index (χ1v) is 11.3. The molecule has 0 aliphatic carbocycles. The molecule has 6 heteroatoms. The van der Waals surface area contributed by atoms with Crippen molar-refractivity contribution in [2.24, 2.45) is 0 Å². The lowest BCUT2D eigenvalue weighted by Crippen LogP contribution is -2.16. The summed E-state index contributed by atoms with van der Waals surface area (Å²) in [6.07, 6.45) is 3.11. The molecule has 0 unspecified atom stereocenters. The van der Waals surface area contributed by atoms with E-state index in [0.29, 0.717) is 16.6 Å². The summed E-state index contributed by atoms with van der Waals surface area (Å²) in [6.45, 7) is 2.34. The van der Waals surface area contributed by atoms with E-state index in [0.717, 1.165) is 36.6 Å². The van der Waals surface area contributed by atoms with Crippen LogP contribution in [0.4, 0.5) is 0 Å². The Hall–Kier alpha value is -2.66. The molecule has 0 atom stereocenters. The number of fused-ring (bicyclic) bond motifs is 1. The Labute approximate surface area is 198 Å². The van der Waals surface area contributed by atoms with Crippen LogP contribution in [0.15, 0.2) is 66.9 Å². The smallest absolute Gasteiger partial charge is 0.160 e. The van der Waals surface area contributed by atoms with Gasteiger partial charge in [0.25, 0.3) is 0 Å². The second kappa shape index (κ2) is 10.3. The number of aromatic nitrogens is 1. The summed E-state index contributed by atoms with van der Waals surface area (Å²) in [5, 5.41) is 6.16. The number of hydrogen-bond donors (Lipinski definition) is 1. The zero-order valence-corrected chi connectivity index (χ0v) is 19.7. The van der Waals surface area contributed by atoms with Crippen LogP contribution < -0.4 is 14.8 Å². The molecule has 0 spiro atoms. The molecule has 0 radical (unpaired) electrons. The number of nitrogens with zero attached hydrogens (tertiary/aromatic N) is 1. The maximum absolute atomic E-state index is 6.41. The fourth-order valence-corrected chi connectivity index (χ4v) is 4.39. The van der Waals surface area contributed by atoms with Gasteiger partial charge in [-0.1, -0.05) is 53.5 Å². The minimum Gasteiger partial charge on any atom is -0.493 e. The van der Waals surface area contributed by atoms with Crippen molar-refractivity contribution in [3.05, 3.63) is 93.6 Å². The first-order valence-electron chi connectivity index (χ1n) is 10.5. The second-order valence-electron chi connectivity index (χ2n) is 7.65. The number of benzene rings is 3. The van der Waals surface area contributed by atoms with Crippen LogP contribution in [0.1, 0.15) is 16.7 Å². The highest BCUT2D eigenvalue weighted by Crippen LogP contribution is 2.28. The fourth-order valence-electron chi connectivity index (χ4n) is 3.92. The topological polar surface area (TPSA) is 35.4 Å². The molecule has 0 bridgehead atoms. The number of nitrogens with one attached hydrogen (secondary N) is 1. The van der Waals surface area contributed by atoms with Crippen molar-refractivity contribution < 1.29 is 9.47 Å². The largest absolute Gasteiger partial charge is 0.493 e. The van der Waals surface area contributed by atoms with E-state index in [2.05, 4.69) is 46.4 Å². The third-order valence-electron chi connectivity index (χ3n) is 5.58. The molecule has 4 rings (SSSR count). The van der Waals surface area contributed by atoms with Gasteiger partial charge in [0.1, 0.15) is 0 Å². The Bertz CT molecular complexity index is 1220. The molecular formula is C26H26Cl2N2O2. The number of ether oxygens (including phenoxy) is 2. The molecule has 1 N–H and O–H groups in total. The maximum Gasteiger partial charge on any atom is 0.160 e. The molecule has 4 nitrogen and oxygen atoms in total.